The number of nitrogens with zero attached hydrogens (tertiary/aromatic N) is 1. The van der Waals surface area contributed by atoms with E-state index in [0.29, 0.717) is 0 Å². The number of aryl methyl sites for hydroxylation is 1. The summed E-state index contributed by atoms with van der Waals surface area (Å²) in [4.78, 5) is 13.0. The molecule has 5 nitrogen and oxygen atoms in total. The normalized spacial score (nSPS) is 12.8. The molecule has 1 N–H and O–H groups in total. The molecule has 0 saturated heterocycles. The van der Waals surface area contributed by atoms with Gasteiger partial charge in [-0.2, -0.15) is 0 Å². The highest BCUT2D eigenvalue weighted by Crippen LogP contribution is 2.26. The molecule has 3 aromatic carbocycles. The Morgan fingerprint density at radius 2 is 1.50 bits per heavy atom. The Kier molecular flexibility index (Phi) is 7.46. The Labute approximate surface area is 201 Å². The lowest BCUT2D eigenvalue weighted by molar-refractivity contribution is -0.120. The zero-order chi connectivity index (χ0) is 25.1. The molecular formula is C27H31FN2O3S. The Hall–Kier alpha value is -3.19. The van der Waals surface area contributed by atoms with E-state index in [1.807, 2.05) is 38.1 Å². The third kappa shape index (κ3) is 6.03. The van der Waals surface area contributed by atoms with Gasteiger partial charge in [-0.25, -0.2) is 12.8 Å². The number of hydrogen-bond acceptors (Lipinski definition) is 3. The summed E-state index contributed by atoms with van der Waals surface area (Å²) in [6.07, 6.45) is 0. The maximum absolute atomic E-state index is 13.5. The number of hydrogen-bond donors (Lipinski definition) is 1. The van der Waals surface area contributed by atoms with Crippen LogP contribution in [0.1, 0.15) is 50.4 Å². The maximum atomic E-state index is 13.5. The molecule has 0 aliphatic heterocycles. The molecule has 0 heterocycles. The SMILES string of the molecule is Cc1ccc(S(=O)(=O)N(CC(=O)N[C@H](C)c2ccc(C(C)(C)C)cc2)c2ccc(F)cc2)cc1. The zero-order valence-corrected chi connectivity index (χ0v) is 21.0. The van der Waals surface area contributed by atoms with E-state index >= 15 is 0 Å². The molecule has 0 unspecified atom stereocenters. The van der Waals surface area contributed by atoms with Crippen molar-refractivity contribution in [2.24, 2.45) is 0 Å². The first-order valence-electron chi connectivity index (χ1n) is 11.1. The van der Waals surface area contributed by atoms with E-state index in [2.05, 4.69) is 26.1 Å². The van der Waals surface area contributed by atoms with E-state index in [-0.39, 0.29) is 22.0 Å². The van der Waals surface area contributed by atoms with Crippen molar-refractivity contribution in [3.8, 4) is 0 Å². The van der Waals surface area contributed by atoms with Gasteiger partial charge in [-0.15, -0.1) is 0 Å². The van der Waals surface area contributed by atoms with Gasteiger partial charge in [0.25, 0.3) is 10.0 Å². The monoisotopic (exact) mass is 482 g/mol. The van der Waals surface area contributed by atoms with Crippen molar-refractivity contribution in [1.29, 1.82) is 0 Å². The fourth-order valence-electron chi connectivity index (χ4n) is 3.53. The first-order valence-corrected chi connectivity index (χ1v) is 12.6. The Morgan fingerprint density at radius 1 is 0.941 bits per heavy atom. The van der Waals surface area contributed by atoms with Crippen molar-refractivity contribution < 1.29 is 17.6 Å². The van der Waals surface area contributed by atoms with Crippen molar-refractivity contribution in [2.45, 2.75) is 51.0 Å². The molecule has 180 valence electrons. The lowest BCUT2D eigenvalue weighted by Crippen LogP contribution is -2.41. The molecule has 3 aromatic rings. The average molecular weight is 483 g/mol. The largest absolute Gasteiger partial charge is 0.348 e. The fourth-order valence-corrected chi connectivity index (χ4v) is 4.95. The smallest absolute Gasteiger partial charge is 0.264 e. The molecule has 1 atom stereocenters. The molecule has 3 rings (SSSR count). The standard InChI is InChI=1S/C27H31FN2O3S/c1-19-6-16-25(17-7-19)34(32,33)30(24-14-12-23(28)13-15-24)18-26(31)29-20(2)21-8-10-22(11-9-21)27(3,4)5/h6-17,20H,18H2,1-5H3,(H,29,31)/t20-/m1/s1. The summed E-state index contributed by atoms with van der Waals surface area (Å²) >= 11 is 0. The van der Waals surface area contributed by atoms with Crippen LogP contribution in [-0.4, -0.2) is 20.9 Å². The Bertz CT molecular complexity index is 1230. The average Bonchev–Trinajstić information content (AvgIpc) is 2.78. The summed E-state index contributed by atoms with van der Waals surface area (Å²) in [6, 6.07) is 19.1. The molecule has 0 aliphatic rings. The highest BCUT2D eigenvalue weighted by molar-refractivity contribution is 7.92. The molecule has 0 bridgehead atoms. The van der Waals surface area contributed by atoms with Crippen molar-refractivity contribution in [3.05, 3.63) is 95.3 Å². The summed E-state index contributed by atoms with van der Waals surface area (Å²) in [7, 11) is -4.05. The number of amides is 1. The number of halogens is 1. The van der Waals surface area contributed by atoms with Crippen LogP contribution < -0.4 is 9.62 Å². The van der Waals surface area contributed by atoms with Crippen LogP contribution in [0, 0.1) is 12.7 Å². The molecule has 0 aromatic heterocycles. The van der Waals surface area contributed by atoms with Crippen LogP contribution in [0.5, 0.6) is 0 Å². The summed E-state index contributed by atoms with van der Waals surface area (Å²) in [6.45, 7) is 9.66. The van der Waals surface area contributed by atoms with Gasteiger partial charge in [0, 0.05) is 0 Å². The van der Waals surface area contributed by atoms with E-state index in [1.54, 1.807) is 12.1 Å². The summed E-state index contributed by atoms with van der Waals surface area (Å²) < 4.78 is 41.3. The quantitative estimate of drug-likeness (QED) is 0.483. The van der Waals surface area contributed by atoms with Crippen LogP contribution in [0.4, 0.5) is 10.1 Å². The van der Waals surface area contributed by atoms with Gasteiger partial charge in [-0.1, -0.05) is 62.7 Å². The predicted octanol–water partition coefficient (Wildman–Crippen LogP) is 5.50. The minimum absolute atomic E-state index is 0.0189. The second-order valence-corrected chi connectivity index (χ2v) is 11.3. The highest BCUT2D eigenvalue weighted by Gasteiger charge is 2.28. The van der Waals surface area contributed by atoms with Crippen molar-refractivity contribution >= 4 is 21.6 Å². The van der Waals surface area contributed by atoms with Gasteiger partial charge in [0.15, 0.2) is 0 Å². The molecule has 0 radical (unpaired) electrons. The molecule has 34 heavy (non-hydrogen) atoms. The van der Waals surface area contributed by atoms with Crippen molar-refractivity contribution in [2.75, 3.05) is 10.8 Å². The Morgan fingerprint density at radius 3 is 2.03 bits per heavy atom. The van der Waals surface area contributed by atoms with Crippen LogP contribution in [0.3, 0.4) is 0 Å². The predicted molar refractivity (Wildman–Crippen MR) is 134 cm³/mol. The van der Waals surface area contributed by atoms with Crippen LogP contribution in [0.2, 0.25) is 0 Å². The number of carbonyl (C=O) groups excluding carboxylic acids is 1. The van der Waals surface area contributed by atoms with E-state index < -0.39 is 28.3 Å². The summed E-state index contributed by atoms with van der Waals surface area (Å²) in [5.74, 6) is -0.958. The highest BCUT2D eigenvalue weighted by atomic mass is 32.2. The zero-order valence-electron chi connectivity index (χ0n) is 20.2. The molecule has 7 heteroatoms. The van der Waals surface area contributed by atoms with Gasteiger partial charge in [0.1, 0.15) is 12.4 Å². The first-order chi connectivity index (χ1) is 15.9. The summed E-state index contributed by atoms with van der Waals surface area (Å²) in [5, 5.41) is 2.88. The number of sulfonamides is 1. The summed E-state index contributed by atoms with van der Waals surface area (Å²) in [5.41, 5.74) is 3.23. The van der Waals surface area contributed by atoms with Crippen LogP contribution in [0.25, 0.3) is 0 Å². The molecular weight excluding hydrogens is 451 g/mol. The first kappa shape index (κ1) is 25.4. The van der Waals surface area contributed by atoms with Gasteiger partial charge >= 0.3 is 0 Å². The number of rotatable bonds is 7. The second-order valence-electron chi connectivity index (χ2n) is 9.46. The van der Waals surface area contributed by atoms with E-state index in [0.717, 1.165) is 15.4 Å². The van der Waals surface area contributed by atoms with E-state index in [1.165, 1.54) is 42.0 Å². The molecule has 1 amide bonds. The topological polar surface area (TPSA) is 66.5 Å². The minimum Gasteiger partial charge on any atom is -0.348 e. The van der Waals surface area contributed by atoms with Crippen molar-refractivity contribution in [3.63, 3.8) is 0 Å². The number of carbonyl (C=O) groups is 1. The van der Waals surface area contributed by atoms with E-state index in [4.69, 9.17) is 0 Å². The molecule has 0 aliphatic carbocycles. The van der Waals surface area contributed by atoms with Gasteiger partial charge in [0.05, 0.1) is 16.6 Å². The van der Waals surface area contributed by atoms with Gasteiger partial charge < -0.3 is 5.32 Å². The van der Waals surface area contributed by atoms with E-state index in [9.17, 15) is 17.6 Å². The molecule has 0 saturated carbocycles. The van der Waals surface area contributed by atoms with Gasteiger partial charge in [0.2, 0.25) is 5.91 Å². The lowest BCUT2D eigenvalue weighted by Gasteiger charge is -2.25. The number of nitrogens with one attached hydrogen (secondary N) is 1. The third-order valence-corrected chi connectivity index (χ3v) is 7.45. The van der Waals surface area contributed by atoms with Crippen LogP contribution in [-0.2, 0) is 20.2 Å². The maximum Gasteiger partial charge on any atom is 0.264 e. The second kappa shape index (κ2) is 9.97. The van der Waals surface area contributed by atoms with Crippen LogP contribution in [0.15, 0.2) is 77.7 Å². The van der Waals surface area contributed by atoms with Crippen molar-refractivity contribution in [1.82, 2.24) is 5.32 Å². The minimum atomic E-state index is -4.05. The van der Waals surface area contributed by atoms with Gasteiger partial charge in [-0.3, -0.25) is 9.10 Å². The fraction of sp³-hybridized carbons (Fsp3) is 0.296. The lowest BCUT2D eigenvalue weighted by atomic mass is 9.86. The molecule has 0 spiro atoms. The number of benzene rings is 3. The van der Waals surface area contributed by atoms with Crippen LogP contribution >= 0.6 is 0 Å². The third-order valence-electron chi connectivity index (χ3n) is 5.67. The number of anilines is 1. The van der Waals surface area contributed by atoms with Gasteiger partial charge in [-0.05, 0) is 66.8 Å². The molecule has 0 fully saturated rings. The Balaban J connectivity index is 1.84.